The lowest BCUT2D eigenvalue weighted by atomic mass is 10.1. The standard InChI is InChI=1S/C22H25N3O4/c1-3-4-13-24-18-7-5-6-8-19(18)25(22(24)23)14-20(26)16-9-11-17(12-10-16)29-15-21(27)28-2/h5-12,23H,3-4,13-15H2,1-2H3. The first-order valence-electron chi connectivity index (χ1n) is 9.60. The molecule has 0 aliphatic heterocycles. The second-order valence-corrected chi connectivity index (χ2v) is 6.72. The van der Waals surface area contributed by atoms with E-state index in [0.717, 1.165) is 30.4 Å². The molecule has 7 nitrogen and oxygen atoms in total. The Balaban J connectivity index is 1.80. The van der Waals surface area contributed by atoms with Gasteiger partial charge in [0.15, 0.2) is 12.4 Å². The fourth-order valence-electron chi connectivity index (χ4n) is 3.17. The number of hydrogen-bond donors (Lipinski definition) is 1. The van der Waals surface area contributed by atoms with Crippen molar-refractivity contribution in [1.29, 1.82) is 5.41 Å². The summed E-state index contributed by atoms with van der Waals surface area (Å²) in [6, 6.07) is 14.4. The maximum Gasteiger partial charge on any atom is 0.343 e. The number of nitrogens with zero attached hydrogens (tertiary/aromatic N) is 2. The molecule has 1 N–H and O–H groups in total. The minimum Gasteiger partial charge on any atom is -0.482 e. The monoisotopic (exact) mass is 395 g/mol. The number of unbranched alkanes of at least 4 members (excludes halogenated alkanes) is 1. The lowest BCUT2D eigenvalue weighted by Crippen LogP contribution is -2.27. The van der Waals surface area contributed by atoms with Crippen molar-refractivity contribution in [1.82, 2.24) is 9.13 Å². The molecule has 0 aliphatic rings. The van der Waals surface area contributed by atoms with Crippen molar-refractivity contribution in [3.63, 3.8) is 0 Å². The van der Waals surface area contributed by atoms with Gasteiger partial charge in [0.25, 0.3) is 0 Å². The molecule has 0 radical (unpaired) electrons. The van der Waals surface area contributed by atoms with Crippen LogP contribution in [-0.2, 0) is 22.6 Å². The lowest BCUT2D eigenvalue weighted by molar-refractivity contribution is -0.142. The van der Waals surface area contributed by atoms with Crippen molar-refractivity contribution < 1.29 is 19.1 Å². The summed E-state index contributed by atoms with van der Waals surface area (Å²) in [5, 5.41) is 8.57. The summed E-state index contributed by atoms with van der Waals surface area (Å²) in [6.07, 6.45) is 2.01. The maximum atomic E-state index is 12.8. The number of esters is 1. The zero-order valence-electron chi connectivity index (χ0n) is 16.7. The molecular formula is C22H25N3O4. The van der Waals surface area contributed by atoms with Crippen molar-refractivity contribution in [2.45, 2.75) is 32.9 Å². The molecule has 152 valence electrons. The van der Waals surface area contributed by atoms with E-state index < -0.39 is 5.97 Å². The van der Waals surface area contributed by atoms with Gasteiger partial charge in [0.05, 0.1) is 24.7 Å². The minimum atomic E-state index is -0.469. The second-order valence-electron chi connectivity index (χ2n) is 6.72. The van der Waals surface area contributed by atoms with E-state index in [0.29, 0.717) is 16.9 Å². The third-order valence-electron chi connectivity index (χ3n) is 4.77. The van der Waals surface area contributed by atoms with Crippen LogP contribution in [0.4, 0.5) is 0 Å². The molecule has 0 atom stereocenters. The van der Waals surface area contributed by atoms with Crippen LogP contribution in [0, 0.1) is 5.41 Å². The van der Waals surface area contributed by atoms with Crippen LogP contribution in [0.15, 0.2) is 48.5 Å². The first-order chi connectivity index (χ1) is 14.0. The Morgan fingerprint density at radius 1 is 1.00 bits per heavy atom. The number of rotatable bonds is 9. The van der Waals surface area contributed by atoms with Gasteiger partial charge in [0.1, 0.15) is 5.75 Å². The number of imidazole rings is 1. The van der Waals surface area contributed by atoms with E-state index in [1.807, 2.05) is 28.8 Å². The molecule has 0 amide bonds. The van der Waals surface area contributed by atoms with Crippen molar-refractivity contribution in [3.8, 4) is 5.75 Å². The zero-order chi connectivity index (χ0) is 20.8. The minimum absolute atomic E-state index is 0.0842. The number of methoxy groups -OCH3 is 1. The van der Waals surface area contributed by atoms with Gasteiger partial charge in [-0.05, 0) is 42.8 Å². The van der Waals surface area contributed by atoms with Crippen LogP contribution in [0.3, 0.4) is 0 Å². The average molecular weight is 395 g/mol. The summed E-state index contributed by atoms with van der Waals surface area (Å²) >= 11 is 0. The highest BCUT2D eigenvalue weighted by Crippen LogP contribution is 2.16. The number of fused-ring (bicyclic) bond motifs is 1. The van der Waals surface area contributed by atoms with Gasteiger partial charge in [-0.3, -0.25) is 10.2 Å². The van der Waals surface area contributed by atoms with Crippen LogP contribution < -0.4 is 10.4 Å². The summed E-state index contributed by atoms with van der Waals surface area (Å²) in [5.41, 5.74) is 2.68. The highest BCUT2D eigenvalue weighted by Gasteiger charge is 2.14. The molecule has 3 rings (SSSR count). The molecule has 0 fully saturated rings. The first-order valence-corrected chi connectivity index (χ1v) is 9.60. The predicted molar refractivity (Wildman–Crippen MR) is 109 cm³/mol. The van der Waals surface area contributed by atoms with Gasteiger partial charge in [0, 0.05) is 12.1 Å². The molecule has 0 bridgehead atoms. The summed E-state index contributed by atoms with van der Waals surface area (Å²) in [5.74, 6) is -0.0812. The molecule has 3 aromatic rings. The summed E-state index contributed by atoms with van der Waals surface area (Å²) in [6.45, 7) is 2.77. The number of hydrogen-bond acceptors (Lipinski definition) is 5. The highest BCUT2D eigenvalue weighted by molar-refractivity contribution is 5.96. The number of aromatic nitrogens is 2. The number of benzene rings is 2. The number of nitrogens with one attached hydrogen (secondary N) is 1. The average Bonchev–Trinajstić information content (AvgIpc) is 3.01. The highest BCUT2D eigenvalue weighted by atomic mass is 16.6. The Labute approximate surface area is 169 Å². The van der Waals surface area contributed by atoms with E-state index >= 15 is 0 Å². The molecule has 7 heteroatoms. The van der Waals surface area contributed by atoms with Crippen molar-refractivity contribution in [2.75, 3.05) is 13.7 Å². The van der Waals surface area contributed by atoms with E-state index in [4.69, 9.17) is 10.1 Å². The molecule has 0 saturated heterocycles. The number of para-hydroxylation sites is 2. The predicted octanol–water partition coefficient (Wildman–Crippen LogP) is 3.16. The normalized spacial score (nSPS) is 10.8. The molecule has 0 spiro atoms. The van der Waals surface area contributed by atoms with E-state index in [2.05, 4.69) is 11.7 Å². The lowest BCUT2D eigenvalue weighted by Gasteiger charge is -2.07. The molecule has 1 heterocycles. The SMILES string of the molecule is CCCCn1c(=N)n(CC(=O)c2ccc(OCC(=O)OC)cc2)c2ccccc21. The molecule has 1 aromatic heterocycles. The zero-order valence-corrected chi connectivity index (χ0v) is 16.7. The van der Waals surface area contributed by atoms with Gasteiger partial charge < -0.3 is 18.6 Å². The molecule has 0 saturated carbocycles. The topological polar surface area (TPSA) is 86.3 Å². The van der Waals surface area contributed by atoms with Crippen LogP contribution in [-0.4, -0.2) is 34.6 Å². The van der Waals surface area contributed by atoms with Crippen LogP contribution in [0.2, 0.25) is 0 Å². The first kappa shape index (κ1) is 20.4. The quantitative estimate of drug-likeness (QED) is 0.445. The number of aryl methyl sites for hydroxylation is 1. The van der Waals surface area contributed by atoms with Gasteiger partial charge in [-0.1, -0.05) is 25.5 Å². The van der Waals surface area contributed by atoms with Crippen LogP contribution in [0.25, 0.3) is 11.0 Å². The Morgan fingerprint density at radius 3 is 2.28 bits per heavy atom. The molecular weight excluding hydrogens is 370 g/mol. The largest absolute Gasteiger partial charge is 0.482 e. The van der Waals surface area contributed by atoms with E-state index in [-0.39, 0.29) is 18.9 Å². The smallest absolute Gasteiger partial charge is 0.343 e. The Bertz CT molecular complexity index is 1060. The number of carbonyl (C=O) groups excluding carboxylic acids is 2. The fraction of sp³-hybridized carbons (Fsp3) is 0.318. The number of Topliss-reactive ketones (excluding diaryl/α,β-unsaturated/α-hetero) is 1. The van der Waals surface area contributed by atoms with Gasteiger partial charge in [0.2, 0.25) is 5.62 Å². The van der Waals surface area contributed by atoms with Crippen molar-refractivity contribution in [3.05, 3.63) is 59.7 Å². The maximum absolute atomic E-state index is 12.8. The van der Waals surface area contributed by atoms with Gasteiger partial charge in [-0.15, -0.1) is 0 Å². The number of ether oxygens (including phenoxy) is 2. The van der Waals surface area contributed by atoms with Crippen LogP contribution in [0.1, 0.15) is 30.1 Å². The van der Waals surface area contributed by atoms with Crippen molar-refractivity contribution in [2.24, 2.45) is 0 Å². The second kappa shape index (κ2) is 9.23. The molecule has 2 aromatic carbocycles. The van der Waals surface area contributed by atoms with Gasteiger partial charge in [-0.2, -0.15) is 0 Å². The number of ketones is 1. The third kappa shape index (κ3) is 4.56. The van der Waals surface area contributed by atoms with Gasteiger partial charge in [-0.25, -0.2) is 4.79 Å². The summed E-state index contributed by atoms with van der Waals surface area (Å²) in [7, 11) is 1.30. The Morgan fingerprint density at radius 2 is 1.66 bits per heavy atom. The van der Waals surface area contributed by atoms with E-state index in [1.165, 1.54) is 7.11 Å². The number of carbonyl (C=O) groups is 2. The summed E-state index contributed by atoms with van der Waals surface area (Å²) in [4.78, 5) is 24.0. The van der Waals surface area contributed by atoms with E-state index in [9.17, 15) is 9.59 Å². The molecule has 0 unspecified atom stereocenters. The van der Waals surface area contributed by atoms with Gasteiger partial charge >= 0.3 is 5.97 Å². The molecule has 29 heavy (non-hydrogen) atoms. The van der Waals surface area contributed by atoms with Crippen molar-refractivity contribution >= 4 is 22.8 Å². The van der Waals surface area contributed by atoms with Crippen LogP contribution in [0.5, 0.6) is 5.75 Å². The van der Waals surface area contributed by atoms with Crippen LogP contribution >= 0.6 is 0 Å². The van der Waals surface area contributed by atoms with E-state index in [1.54, 1.807) is 28.8 Å². The summed E-state index contributed by atoms with van der Waals surface area (Å²) < 4.78 is 13.5. The molecule has 0 aliphatic carbocycles. The Hall–Kier alpha value is -3.35. The fourth-order valence-corrected chi connectivity index (χ4v) is 3.17. The Kier molecular flexibility index (Phi) is 6.49. The third-order valence-corrected chi connectivity index (χ3v) is 4.77.